The Labute approximate surface area is 205 Å². The van der Waals surface area contributed by atoms with Crippen LogP contribution in [-0.2, 0) is 9.53 Å². The third-order valence-corrected chi connectivity index (χ3v) is 6.30. The first kappa shape index (κ1) is 26.0. The molecule has 0 aliphatic heterocycles. The van der Waals surface area contributed by atoms with Crippen LogP contribution >= 0.6 is 0 Å². The van der Waals surface area contributed by atoms with Gasteiger partial charge >= 0.3 is 18.1 Å². The topological polar surface area (TPSA) is 143 Å². The second-order valence-electron chi connectivity index (χ2n) is 9.05. The van der Waals surface area contributed by atoms with Gasteiger partial charge in [0.2, 0.25) is 0 Å². The minimum absolute atomic E-state index is 0.0332. The average Bonchev–Trinajstić information content (AvgIpc) is 3.14. The molecule has 3 amide bonds. The summed E-state index contributed by atoms with van der Waals surface area (Å²) in [5.74, 6) is -0.976. The Bertz CT molecular complexity index is 996. The lowest BCUT2D eigenvalue weighted by atomic mass is 9.98. The Balaban J connectivity index is 1.54. The molecule has 1 aliphatic rings. The van der Waals surface area contributed by atoms with Crippen LogP contribution in [0.5, 0.6) is 0 Å². The molecule has 188 valence electrons. The fraction of sp³-hybridized carbons (Fsp3) is 0.423. The number of rotatable bonds is 12. The summed E-state index contributed by atoms with van der Waals surface area (Å²) in [6.07, 6.45) is 0.231. The highest BCUT2D eigenvalue weighted by atomic mass is 16.5. The molecule has 0 radical (unpaired) electrons. The van der Waals surface area contributed by atoms with Crippen LogP contribution in [0.1, 0.15) is 43.7 Å². The number of alkyl carbamates (subject to hydrolysis) is 1. The molecular formula is C26H34N4O5. The Morgan fingerprint density at radius 1 is 1.03 bits per heavy atom. The summed E-state index contributed by atoms with van der Waals surface area (Å²) in [5, 5.41) is 17.8. The number of ether oxygens (including phenoxy) is 1. The summed E-state index contributed by atoms with van der Waals surface area (Å²) >= 11 is 0. The number of hydrogen-bond donors (Lipinski definition) is 5. The molecule has 0 heterocycles. The molecule has 9 nitrogen and oxygen atoms in total. The maximum atomic E-state index is 12.7. The van der Waals surface area contributed by atoms with Gasteiger partial charge in [-0.1, -0.05) is 62.4 Å². The van der Waals surface area contributed by atoms with Crippen molar-refractivity contribution >= 4 is 18.1 Å². The summed E-state index contributed by atoms with van der Waals surface area (Å²) in [6, 6.07) is 14.5. The Kier molecular flexibility index (Phi) is 9.08. The van der Waals surface area contributed by atoms with Gasteiger partial charge in [0.15, 0.2) is 0 Å². The lowest BCUT2D eigenvalue weighted by Crippen LogP contribution is -2.49. The number of carbonyl (C=O) groups is 3. The summed E-state index contributed by atoms with van der Waals surface area (Å²) < 4.78 is 5.63. The van der Waals surface area contributed by atoms with E-state index in [1.807, 2.05) is 38.1 Å². The number of amides is 3. The molecule has 0 spiro atoms. The standard InChI is InChI=1S/C26H34N4O5/c1-16(2)23(14-29-22(24(31)32)12-7-13-28-25(27)33)30-26(34)35-15-21-19-10-5-3-8-17(19)18-9-4-6-11-20(18)21/h3-6,8-11,16,21-23,29H,7,12-15H2,1-2H3,(H,30,34)(H,31,32)(H3,27,28,33)/t22-,23?/m0/s1. The number of aliphatic carboxylic acids is 1. The highest BCUT2D eigenvalue weighted by molar-refractivity contribution is 5.79. The fourth-order valence-corrected chi connectivity index (χ4v) is 4.34. The molecular weight excluding hydrogens is 448 g/mol. The lowest BCUT2D eigenvalue weighted by Gasteiger charge is -2.25. The Morgan fingerprint density at radius 3 is 2.17 bits per heavy atom. The number of fused-ring (bicyclic) bond motifs is 3. The normalized spacial score (nSPS) is 14.0. The molecule has 1 aliphatic carbocycles. The van der Waals surface area contributed by atoms with Gasteiger partial charge < -0.3 is 31.5 Å². The zero-order valence-electron chi connectivity index (χ0n) is 20.1. The van der Waals surface area contributed by atoms with E-state index in [1.165, 1.54) is 0 Å². The lowest BCUT2D eigenvalue weighted by molar-refractivity contribution is -0.139. The summed E-state index contributed by atoms with van der Waals surface area (Å²) in [5.41, 5.74) is 9.62. The van der Waals surface area contributed by atoms with Crippen molar-refractivity contribution in [3.63, 3.8) is 0 Å². The smallest absolute Gasteiger partial charge is 0.407 e. The molecule has 0 fully saturated rings. The molecule has 0 bridgehead atoms. The van der Waals surface area contributed by atoms with E-state index in [4.69, 9.17) is 10.5 Å². The molecule has 6 N–H and O–H groups in total. The maximum Gasteiger partial charge on any atom is 0.407 e. The van der Waals surface area contributed by atoms with Gasteiger partial charge in [-0.3, -0.25) is 4.79 Å². The van der Waals surface area contributed by atoms with E-state index in [2.05, 4.69) is 40.2 Å². The molecule has 2 aromatic rings. The van der Waals surface area contributed by atoms with Crippen LogP contribution in [0.3, 0.4) is 0 Å². The number of carbonyl (C=O) groups excluding carboxylic acids is 2. The monoisotopic (exact) mass is 482 g/mol. The zero-order chi connectivity index (χ0) is 25.4. The largest absolute Gasteiger partial charge is 0.480 e. The van der Waals surface area contributed by atoms with Gasteiger partial charge in [0, 0.05) is 25.0 Å². The molecule has 35 heavy (non-hydrogen) atoms. The van der Waals surface area contributed by atoms with E-state index >= 15 is 0 Å². The molecule has 0 aromatic heterocycles. The van der Waals surface area contributed by atoms with Crippen molar-refractivity contribution in [2.75, 3.05) is 19.7 Å². The van der Waals surface area contributed by atoms with Gasteiger partial charge in [-0.15, -0.1) is 0 Å². The van der Waals surface area contributed by atoms with Crippen molar-refractivity contribution in [2.45, 2.75) is 44.7 Å². The van der Waals surface area contributed by atoms with E-state index in [1.54, 1.807) is 0 Å². The van der Waals surface area contributed by atoms with Gasteiger partial charge in [0.25, 0.3) is 0 Å². The Morgan fingerprint density at radius 2 is 1.63 bits per heavy atom. The van der Waals surface area contributed by atoms with Crippen LogP contribution in [0.15, 0.2) is 48.5 Å². The molecule has 3 rings (SSSR count). The van der Waals surface area contributed by atoms with E-state index < -0.39 is 24.1 Å². The van der Waals surface area contributed by atoms with E-state index in [0.29, 0.717) is 19.4 Å². The Hall–Kier alpha value is -3.59. The van der Waals surface area contributed by atoms with Gasteiger partial charge in [-0.2, -0.15) is 0 Å². The third-order valence-electron chi connectivity index (χ3n) is 6.30. The van der Waals surface area contributed by atoms with Crippen molar-refractivity contribution in [2.24, 2.45) is 11.7 Å². The summed E-state index contributed by atoms with van der Waals surface area (Å²) in [4.78, 5) is 35.0. The molecule has 9 heteroatoms. The molecule has 0 saturated carbocycles. The highest BCUT2D eigenvalue weighted by Gasteiger charge is 2.29. The number of carboxylic acids is 1. The number of benzene rings is 2. The van der Waals surface area contributed by atoms with Crippen LogP contribution in [0.25, 0.3) is 11.1 Å². The summed E-state index contributed by atoms with van der Waals surface area (Å²) in [6.45, 7) is 4.67. The van der Waals surface area contributed by atoms with E-state index in [-0.39, 0.29) is 31.0 Å². The van der Waals surface area contributed by atoms with Crippen molar-refractivity contribution in [1.82, 2.24) is 16.0 Å². The average molecular weight is 483 g/mol. The molecule has 0 saturated heterocycles. The first-order valence-electron chi connectivity index (χ1n) is 11.9. The summed E-state index contributed by atoms with van der Waals surface area (Å²) in [7, 11) is 0. The molecule has 1 unspecified atom stereocenters. The second kappa shape index (κ2) is 12.2. The zero-order valence-corrected chi connectivity index (χ0v) is 20.1. The van der Waals surface area contributed by atoms with E-state index in [0.717, 1.165) is 22.3 Å². The third kappa shape index (κ3) is 6.95. The first-order valence-corrected chi connectivity index (χ1v) is 11.9. The van der Waals surface area contributed by atoms with Crippen LogP contribution in [0, 0.1) is 5.92 Å². The van der Waals surface area contributed by atoms with Crippen molar-refractivity contribution in [3.05, 3.63) is 59.7 Å². The predicted molar refractivity (Wildman–Crippen MR) is 133 cm³/mol. The molecule has 2 aromatic carbocycles. The van der Waals surface area contributed by atoms with Gasteiger partial charge in [0.1, 0.15) is 12.6 Å². The number of primary amides is 1. The van der Waals surface area contributed by atoms with Crippen LogP contribution in [0.4, 0.5) is 9.59 Å². The minimum Gasteiger partial charge on any atom is -0.480 e. The van der Waals surface area contributed by atoms with Crippen molar-refractivity contribution in [3.8, 4) is 11.1 Å². The van der Waals surface area contributed by atoms with Gasteiger partial charge in [-0.05, 0) is 41.0 Å². The van der Waals surface area contributed by atoms with Gasteiger partial charge in [0.05, 0.1) is 0 Å². The van der Waals surface area contributed by atoms with E-state index in [9.17, 15) is 19.5 Å². The second-order valence-corrected chi connectivity index (χ2v) is 9.05. The number of carboxylic acid groups (broad SMARTS) is 1. The minimum atomic E-state index is -0.993. The van der Waals surface area contributed by atoms with Crippen molar-refractivity contribution in [1.29, 1.82) is 0 Å². The molecule has 2 atom stereocenters. The maximum absolute atomic E-state index is 12.7. The first-order chi connectivity index (χ1) is 16.8. The van der Waals surface area contributed by atoms with Crippen LogP contribution in [0.2, 0.25) is 0 Å². The van der Waals surface area contributed by atoms with Gasteiger partial charge in [-0.25, -0.2) is 9.59 Å². The quantitative estimate of drug-likeness (QED) is 0.294. The van der Waals surface area contributed by atoms with Crippen LogP contribution in [-0.4, -0.2) is 55.0 Å². The highest BCUT2D eigenvalue weighted by Crippen LogP contribution is 2.44. The number of hydrogen-bond acceptors (Lipinski definition) is 5. The number of nitrogens with two attached hydrogens (primary N) is 1. The number of nitrogens with one attached hydrogen (secondary N) is 3. The fourth-order valence-electron chi connectivity index (χ4n) is 4.34. The van der Waals surface area contributed by atoms with Crippen LogP contribution < -0.4 is 21.7 Å². The van der Waals surface area contributed by atoms with Crippen molar-refractivity contribution < 1.29 is 24.2 Å². The SMILES string of the molecule is CC(C)C(CN[C@@H](CCCNC(N)=O)C(=O)O)NC(=O)OCC1c2ccccc2-c2ccccc21. The number of urea groups is 1. The predicted octanol–water partition coefficient (Wildman–Crippen LogP) is 3.04.